The van der Waals surface area contributed by atoms with Crippen molar-refractivity contribution in [2.24, 2.45) is 5.92 Å². The first-order valence-electron chi connectivity index (χ1n) is 4.75. The van der Waals surface area contributed by atoms with Crippen molar-refractivity contribution in [3.8, 4) is 0 Å². The van der Waals surface area contributed by atoms with Crippen molar-refractivity contribution in [3.05, 3.63) is 36.0 Å². The molecule has 1 aliphatic heterocycles. The summed E-state index contributed by atoms with van der Waals surface area (Å²) in [6, 6.07) is 3.39. The summed E-state index contributed by atoms with van der Waals surface area (Å²) < 4.78 is 0. The highest BCUT2D eigenvalue weighted by Gasteiger charge is 2.29. The lowest BCUT2D eigenvalue weighted by molar-refractivity contribution is -0.117. The van der Waals surface area contributed by atoms with E-state index in [2.05, 4.69) is 11.6 Å². The molecule has 1 fully saturated rings. The van der Waals surface area contributed by atoms with Crippen LogP contribution < -0.4 is 4.90 Å². The Balaban J connectivity index is 2.25. The van der Waals surface area contributed by atoms with Crippen LogP contribution >= 0.6 is 11.6 Å². The van der Waals surface area contributed by atoms with Crippen molar-refractivity contribution in [3.63, 3.8) is 0 Å². The molecule has 1 aromatic rings. The fourth-order valence-electron chi connectivity index (χ4n) is 1.66. The zero-order chi connectivity index (χ0) is 10.8. The van der Waals surface area contributed by atoms with Gasteiger partial charge < -0.3 is 0 Å². The van der Waals surface area contributed by atoms with E-state index >= 15 is 0 Å². The monoisotopic (exact) mass is 222 g/mol. The number of nitrogens with zero attached hydrogens (tertiary/aromatic N) is 2. The SMILES string of the molecule is C=CC1CC(=O)N(c2cc(Cl)ccn2)C1. The van der Waals surface area contributed by atoms with Gasteiger partial charge in [-0.2, -0.15) is 0 Å². The van der Waals surface area contributed by atoms with E-state index in [-0.39, 0.29) is 11.8 Å². The van der Waals surface area contributed by atoms with E-state index in [4.69, 9.17) is 11.6 Å². The zero-order valence-corrected chi connectivity index (χ0v) is 8.94. The number of halogens is 1. The summed E-state index contributed by atoms with van der Waals surface area (Å²) in [5.74, 6) is 0.921. The minimum absolute atomic E-state index is 0.0784. The van der Waals surface area contributed by atoms with E-state index in [1.54, 1.807) is 23.2 Å². The molecule has 1 unspecified atom stereocenters. The third-order valence-corrected chi connectivity index (χ3v) is 2.71. The molecule has 2 rings (SSSR count). The first kappa shape index (κ1) is 10.2. The lowest BCUT2D eigenvalue weighted by atomic mass is 10.1. The fraction of sp³-hybridized carbons (Fsp3) is 0.273. The molecule has 1 aromatic heterocycles. The first-order chi connectivity index (χ1) is 7.20. The van der Waals surface area contributed by atoms with Gasteiger partial charge in [0.25, 0.3) is 0 Å². The largest absolute Gasteiger partial charge is 0.296 e. The number of amides is 1. The molecule has 15 heavy (non-hydrogen) atoms. The number of carbonyl (C=O) groups is 1. The standard InChI is InChI=1S/C11H11ClN2O/c1-2-8-5-11(15)14(7-8)10-6-9(12)3-4-13-10/h2-4,6,8H,1,5,7H2. The third kappa shape index (κ3) is 2.02. The topological polar surface area (TPSA) is 33.2 Å². The molecule has 0 aliphatic carbocycles. The summed E-state index contributed by atoms with van der Waals surface area (Å²) in [6.45, 7) is 4.35. The summed E-state index contributed by atoms with van der Waals surface area (Å²) in [6.07, 6.45) is 3.92. The van der Waals surface area contributed by atoms with Crippen LogP contribution in [0.15, 0.2) is 31.0 Å². The molecular weight excluding hydrogens is 212 g/mol. The van der Waals surface area contributed by atoms with E-state index in [0.717, 1.165) is 0 Å². The Morgan fingerprint density at radius 3 is 3.07 bits per heavy atom. The summed E-state index contributed by atoms with van der Waals surface area (Å²) in [5, 5.41) is 0.592. The van der Waals surface area contributed by atoms with Crippen LogP contribution in [0.4, 0.5) is 5.82 Å². The van der Waals surface area contributed by atoms with Crippen LogP contribution in [0, 0.1) is 5.92 Å². The van der Waals surface area contributed by atoms with E-state index in [0.29, 0.717) is 23.8 Å². The first-order valence-corrected chi connectivity index (χ1v) is 5.13. The van der Waals surface area contributed by atoms with Crippen molar-refractivity contribution in [1.29, 1.82) is 0 Å². The predicted molar refractivity (Wildman–Crippen MR) is 59.9 cm³/mol. The minimum Gasteiger partial charge on any atom is -0.296 e. The van der Waals surface area contributed by atoms with Crippen LogP contribution in [0.5, 0.6) is 0 Å². The molecule has 1 atom stereocenters. The van der Waals surface area contributed by atoms with Gasteiger partial charge in [-0.25, -0.2) is 4.98 Å². The maximum Gasteiger partial charge on any atom is 0.228 e. The molecule has 0 saturated carbocycles. The molecule has 0 spiro atoms. The van der Waals surface area contributed by atoms with Crippen molar-refractivity contribution >= 4 is 23.3 Å². The molecule has 0 aromatic carbocycles. The highest BCUT2D eigenvalue weighted by atomic mass is 35.5. The van der Waals surface area contributed by atoms with E-state index in [1.807, 2.05) is 6.08 Å². The number of pyridine rings is 1. The predicted octanol–water partition coefficient (Wildman–Crippen LogP) is 2.27. The second-order valence-electron chi connectivity index (χ2n) is 3.54. The van der Waals surface area contributed by atoms with Crippen molar-refractivity contribution in [2.75, 3.05) is 11.4 Å². The summed E-state index contributed by atoms with van der Waals surface area (Å²) in [4.78, 5) is 17.4. The molecule has 1 amide bonds. The van der Waals surface area contributed by atoms with Crippen molar-refractivity contribution in [1.82, 2.24) is 4.98 Å². The van der Waals surface area contributed by atoms with Gasteiger partial charge in [0.15, 0.2) is 0 Å². The third-order valence-electron chi connectivity index (χ3n) is 2.47. The molecule has 78 valence electrons. The molecule has 2 heterocycles. The minimum atomic E-state index is 0.0784. The lowest BCUT2D eigenvalue weighted by Crippen LogP contribution is -2.25. The van der Waals surface area contributed by atoms with Gasteiger partial charge in [0.2, 0.25) is 5.91 Å². The van der Waals surface area contributed by atoms with Crippen LogP contribution in [0.25, 0.3) is 0 Å². The fourth-order valence-corrected chi connectivity index (χ4v) is 1.81. The van der Waals surface area contributed by atoms with Crippen LogP contribution in [-0.2, 0) is 4.79 Å². The highest BCUT2D eigenvalue weighted by molar-refractivity contribution is 6.30. The highest BCUT2D eigenvalue weighted by Crippen LogP contribution is 2.25. The van der Waals surface area contributed by atoms with Crippen LogP contribution in [0.2, 0.25) is 5.02 Å². The molecule has 0 N–H and O–H groups in total. The summed E-state index contributed by atoms with van der Waals surface area (Å²) in [5.41, 5.74) is 0. The Morgan fingerprint density at radius 1 is 1.67 bits per heavy atom. The molecule has 4 heteroatoms. The molecule has 1 saturated heterocycles. The molecule has 0 radical (unpaired) electrons. The normalized spacial score (nSPS) is 20.7. The molecular formula is C11H11ClN2O. The Hall–Kier alpha value is -1.35. The Labute approximate surface area is 93.4 Å². The number of aromatic nitrogens is 1. The maximum atomic E-state index is 11.7. The Kier molecular flexibility index (Phi) is 2.73. The van der Waals surface area contributed by atoms with Gasteiger partial charge in [0.05, 0.1) is 0 Å². The van der Waals surface area contributed by atoms with Crippen molar-refractivity contribution < 1.29 is 4.79 Å². The van der Waals surface area contributed by atoms with Gasteiger partial charge in [0.1, 0.15) is 5.82 Å². The van der Waals surface area contributed by atoms with Gasteiger partial charge in [-0.1, -0.05) is 17.7 Å². The zero-order valence-electron chi connectivity index (χ0n) is 8.19. The molecule has 1 aliphatic rings. The van der Waals surface area contributed by atoms with Crippen molar-refractivity contribution in [2.45, 2.75) is 6.42 Å². The van der Waals surface area contributed by atoms with Crippen LogP contribution in [0.3, 0.4) is 0 Å². The Morgan fingerprint density at radius 2 is 2.47 bits per heavy atom. The number of hydrogen-bond acceptors (Lipinski definition) is 2. The molecule has 3 nitrogen and oxygen atoms in total. The van der Waals surface area contributed by atoms with Gasteiger partial charge in [-0.15, -0.1) is 6.58 Å². The van der Waals surface area contributed by atoms with Gasteiger partial charge >= 0.3 is 0 Å². The van der Waals surface area contributed by atoms with E-state index in [1.165, 1.54) is 0 Å². The van der Waals surface area contributed by atoms with Gasteiger partial charge in [0, 0.05) is 30.1 Å². The second-order valence-corrected chi connectivity index (χ2v) is 3.97. The van der Waals surface area contributed by atoms with E-state index < -0.39 is 0 Å². The van der Waals surface area contributed by atoms with Crippen LogP contribution in [0.1, 0.15) is 6.42 Å². The average molecular weight is 223 g/mol. The van der Waals surface area contributed by atoms with Crippen LogP contribution in [-0.4, -0.2) is 17.4 Å². The summed E-state index contributed by atoms with van der Waals surface area (Å²) >= 11 is 5.84. The van der Waals surface area contributed by atoms with Gasteiger partial charge in [-0.3, -0.25) is 9.69 Å². The quantitative estimate of drug-likeness (QED) is 0.720. The number of hydrogen-bond donors (Lipinski definition) is 0. The van der Waals surface area contributed by atoms with Gasteiger partial charge in [-0.05, 0) is 12.1 Å². The number of carbonyl (C=O) groups excluding carboxylic acids is 1. The summed E-state index contributed by atoms with van der Waals surface area (Å²) in [7, 11) is 0. The van der Waals surface area contributed by atoms with E-state index in [9.17, 15) is 4.79 Å². The average Bonchev–Trinajstić information content (AvgIpc) is 2.60. The number of rotatable bonds is 2. The molecule has 0 bridgehead atoms. The lowest BCUT2D eigenvalue weighted by Gasteiger charge is -2.14. The maximum absolute atomic E-state index is 11.7. The second kappa shape index (κ2) is 4.03. The Bertz CT molecular complexity index is 405. The smallest absolute Gasteiger partial charge is 0.228 e. The number of anilines is 1.